The molecule has 138 valence electrons. The summed E-state index contributed by atoms with van der Waals surface area (Å²) >= 11 is 0. The molecule has 1 aliphatic heterocycles. The Hall–Kier alpha value is -1.11. The van der Waals surface area contributed by atoms with E-state index in [1.54, 1.807) is 0 Å². The van der Waals surface area contributed by atoms with E-state index in [1.807, 2.05) is 4.68 Å². The van der Waals surface area contributed by atoms with Gasteiger partial charge in [0.2, 0.25) is 5.91 Å². The minimum absolute atomic E-state index is 0. The third kappa shape index (κ3) is 5.76. The highest BCUT2D eigenvalue weighted by atomic mass is 35.5. The first-order valence-electron chi connectivity index (χ1n) is 8.76. The molecule has 7 heteroatoms. The number of aryl methyl sites for hydroxylation is 1. The Morgan fingerprint density at radius 2 is 2.21 bits per heavy atom. The largest absolute Gasteiger partial charge is 0.354 e. The first kappa shape index (κ1) is 20.9. The molecule has 1 atom stereocenters. The number of aromatic nitrogens is 2. The van der Waals surface area contributed by atoms with Crippen LogP contribution in [0, 0.1) is 6.92 Å². The van der Waals surface area contributed by atoms with Crippen LogP contribution in [0.1, 0.15) is 56.8 Å². The van der Waals surface area contributed by atoms with E-state index in [2.05, 4.69) is 42.3 Å². The maximum atomic E-state index is 11.7. The first-order chi connectivity index (χ1) is 11.0. The molecule has 1 aromatic rings. The summed E-state index contributed by atoms with van der Waals surface area (Å²) in [4.78, 5) is 14.1. The third-order valence-corrected chi connectivity index (χ3v) is 4.58. The lowest BCUT2D eigenvalue weighted by atomic mass is 10.0. The van der Waals surface area contributed by atoms with E-state index in [1.165, 1.54) is 18.4 Å². The van der Waals surface area contributed by atoms with Crippen LogP contribution in [0.15, 0.2) is 6.20 Å². The summed E-state index contributed by atoms with van der Waals surface area (Å²) in [6.07, 6.45) is 6.18. The summed E-state index contributed by atoms with van der Waals surface area (Å²) in [6.45, 7) is 9.50. The zero-order valence-corrected chi connectivity index (χ0v) is 15.9. The van der Waals surface area contributed by atoms with E-state index in [-0.39, 0.29) is 18.3 Å². The number of amides is 1. The molecule has 24 heavy (non-hydrogen) atoms. The number of carbonyl (C=O) groups is 1. The van der Waals surface area contributed by atoms with Gasteiger partial charge in [-0.1, -0.05) is 6.42 Å². The summed E-state index contributed by atoms with van der Waals surface area (Å²) in [5.41, 5.74) is 7.83. The van der Waals surface area contributed by atoms with Crippen molar-refractivity contribution in [1.82, 2.24) is 20.0 Å². The van der Waals surface area contributed by atoms with Crippen molar-refractivity contribution in [1.29, 1.82) is 0 Å². The molecule has 1 aromatic heterocycles. The molecule has 0 bridgehead atoms. The Kier molecular flexibility index (Phi) is 8.73. The lowest BCUT2D eigenvalue weighted by Crippen LogP contribution is -2.46. The van der Waals surface area contributed by atoms with Crippen molar-refractivity contribution >= 4 is 18.3 Å². The highest BCUT2D eigenvalue weighted by Gasteiger charge is 2.24. The number of halogens is 1. The van der Waals surface area contributed by atoms with E-state index in [9.17, 15) is 4.79 Å². The first-order valence-corrected chi connectivity index (χ1v) is 8.76. The maximum Gasteiger partial charge on any atom is 0.221 e. The van der Waals surface area contributed by atoms with Gasteiger partial charge in [-0.2, -0.15) is 5.10 Å². The van der Waals surface area contributed by atoms with Crippen molar-refractivity contribution in [3.63, 3.8) is 0 Å². The number of carbonyl (C=O) groups excluding carboxylic acids is 1. The second-order valence-corrected chi connectivity index (χ2v) is 6.78. The maximum absolute atomic E-state index is 11.7. The van der Waals surface area contributed by atoms with Gasteiger partial charge in [0.1, 0.15) is 0 Å². The fourth-order valence-corrected chi connectivity index (χ4v) is 3.11. The van der Waals surface area contributed by atoms with Gasteiger partial charge in [-0.15, -0.1) is 12.4 Å². The molecule has 0 saturated carbocycles. The molecule has 2 rings (SSSR count). The van der Waals surface area contributed by atoms with Crippen molar-refractivity contribution in [3.8, 4) is 0 Å². The van der Waals surface area contributed by atoms with Crippen LogP contribution < -0.4 is 11.1 Å². The van der Waals surface area contributed by atoms with Gasteiger partial charge < -0.3 is 11.1 Å². The lowest BCUT2D eigenvalue weighted by molar-refractivity contribution is -0.121. The quantitative estimate of drug-likeness (QED) is 0.782. The normalized spacial score (nSPS) is 18.5. The molecular weight excluding hydrogens is 326 g/mol. The van der Waals surface area contributed by atoms with Crippen molar-refractivity contribution in [2.75, 3.05) is 19.6 Å². The van der Waals surface area contributed by atoms with E-state index < -0.39 is 0 Å². The van der Waals surface area contributed by atoms with Crippen LogP contribution in [0.5, 0.6) is 0 Å². The Balaban J connectivity index is 0.00000288. The smallest absolute Gasteiger partial charge is 0.221 e. The summed E-state index contributed by atoms with van der Waals surface area (Å²) < 4.78 is 2.03. The zero-order valence-electron chi connectivity index (χ0n) is 15.1. The van der Waals surface area contributed by atoms with E-state index in [0.29, 0.717) is 25.0 Å². The molecule has 0 aliphatic carbocycles. The highest BCUT2D eigenvalue weighted by molar-refractivity contribution is 5.85. The summed E-state index contributed by atoms with van der Waals surface area (Å²) in [5.74, 6) is 0.0573. The van der Waals surface area contributed by atoms with Crippen molar-refractivity contribution in [3.05, 3.63) is 17.5 Å². The van der Waals surface area contributed by atoms with Crippen LogP contribution in [0.25, 0.3) is 0 Å². The van der Waals surface area contributed by atoms with Crippen LogP contribution in [0.2, 0.25) is 0 Å². The molecule has 3 N–H and O–H groups in total. The minimum Gasteiger partial charge on any atom is -0.354 e. The Labute approximate surface area is 151 Å². The molecule has 2 heterocycles. The van der Waals surface area contributed by atoms with Gasteiger partial charge in [0.05, 0.1) is 5.69 Å². The summed E-state index contributed by atoms with van der Waals surface area (Å²) in [7, 11) is 0. The minimum atomic E-state index is 0. The number of nitrogens with zero attached hydrogens (tertiary/aromatic N) is 3. The summed E-state index contributed by atoms with van der Waals surface area (Å²) in [6, 6.07) is 0.794. The highest BCUT2D eigenvalue weighted by Crippen LogP contribution is 2.21. The van der Waals surface area contributed by atoms with Crippen LogP contribution >= 0.6 is 12.4 Å². The van der Waals surface area contributed by atoms with Crippen LogP contribution in [0.4, 0.5) is 0 Å². The second kappa shape index (κ2) is 10.0. The van der Waals surface area contributed by atoms with E-state index >= 15 is 0 Å². The van der Waals surface area contributed by atoms with Crippen molar-refractivity contribution in [2.45, 2.75) is 65.1 Å². The number of hydrogen-bond acceptors (Lipinski definition) is 4. The third-order valence-electron chi connectivity index (χ3n) is 4.58. The predicted octanol–water partition coefficient (Wildman–Crippen LogP) is 2.01. The standard InChI is InChI=1S/C17H31N5O.ClH/c1-13(2)22-12-15(14(3)20-22)11-21-9-5-4-6-16(21)10-19-17(23)7-8-18;/h12-13,16H,4-11,18H2,1-3H3,(H,19,23);1H. The number of piperidine rings is 1. The molecule has 1 unspecified atom stereocenters. The molecule has 1 fully saturated rings. The number of hydrogen-bond donors (Lipinski definition) is 2. The molecule has 1 amide bonds. The van der Waals surface area contributed by atoms with Gasteiger partial charge in [0, 0.05) is 49.9 Å². The second-order valence-electron chi connectivity index (χ2n) is 6.78. The predicted molar refractivity (Wildman–Crippen MR) is 99.3 cm³/mol. The molecule has 0 spiro atoms. The van der Waals surface area contributed by atoms with Crippen LogP contribution in [-0.2, 0) is 11.3 Å². The fourth-order valence-electron chi connectivity index (χ4n) is 3.11. The Bertz CT molecular complexity index is 517. The summed E-state index contributed by atoms with van der Waals surface area (Å²) in [5, 5.41) is 7.63. The van der Waals surface area contributed by atoms with Crippen LogP contribution in [0.3, 0.4) is 0 Å². The number of nitrogens with one attached hydrogen (secondary N) is 1. The average molecular weight is 358 g/mol. The fraction of sp³-hybridized carbons (Fsp3) is 0.765. The monoisotopic (exact) mass is 357 g/mol. The van der Waals surface area contributed by atoms with Gasteiger partial charge in [-0.3, -0.25) is 14.4 Å². The van der Waals surface area contributed by atoms with Gasteiger partial charge in [-0.05, 0) is 40.2 Å². The van der Waals surface area contributed by atoms with Crippen molar-refractivity contribution in [2.24, 2.45) is 5.73 Å². The molecule has 6 nitrogen and oxygen atoms in total. The molecule has 0 radical (unpaired) electrons. The number of nitrogens with two attached hydrogens (primary N) is 1. The zero-order chi connectivity index (χ0) is 16.8. The molecule has 1 saturated heterocycles. The Morgan fingerprint density at radius 1 is 1.46 bits per heavy atom. The van der Waals surface area contributed by atoms with Crippen molar-refractivity contribution < 1.29 is 4.79 Å². The van der Waals surface area contributed by atoms with E-state index in [4.69, 9.17) is 5.73 Å². The van der Waals surface area contributed by atoms with Crippen LogP contribution in [-0.4, -0.2) is 46.3 Å². The molecule has 0 aromatic carbocycles. The SMILES string of the molecule is Cc1nn(C(C)C)cc1CN1CCCCC1CNC(=O)CCN.Cl. The van der Waals surface area contributed by atoms with Gasteiger partial charge in [-0.25, -0.2) is 0 Å². The van der Waals surface area contributed by atoms with Gasteiger partial charge in [0.15, 0.2) is 0 Å². The van der Waals surface area contributed by atoms with Gasteiger partial charge in [0.25, 0.3) is 0 Å². The molecular formula is C17H32ClN5O. The Morgan fingerprint density at radius 3 is 2.83 bits per heavy atom. The average Bonchev–Trinajstić information content (AvgIpc) is 2.88. The number of likely N-dealkylation sites (tertiary alicyclic amines) is 1. The molecule has 1 aliphatic rings. The van der Waals surface area contributed by atoms with Gasteiger partial charge >= 0.3 is 0 Å². The topological polar surface area (TPSA) is 76.2 Å². The number of rotatable bonds is 7. The lowest BCUT2D eigenvalue weighted by Gasteiger charge is -2.35. The van der Waals surface area contributed by atoms with E-state index in [0.717, 1.165) is 31.7 Å².